The lowest BCUT2D eigenvalue weighted by Crippen LogP contribution is -1.88. The van der Waals surface area contributed by atoms with Crippen LogP contribution in [0.5, 0.6) is 0 Å². The van der Waals surface area contributed by atoms with E-state index < -0.39 is 11.6 Å². The van der Waals surface area contributed by atoms with E-state index in [0.717, 1.165) is 6.07 Å². The van der Waals surface area contributed by atoms with Crippen molar-refractivity contribution in [2.75, 3.05) is 0 Å². The maximum atomic E-state index is 13.8. The summed E-state index contributed by atoms with van der Waals surface area (Å²) in [5.41, 5.74) is 0.583. The normalized spacial score (nSPS) is 11.2. The predicted octanol–water partition coefficient (Wildman–Crippen LogP) is 5.34. The fraction of sp³-hybridized carbons (Fsp3) is 0. The van der Waals surface area contributed by atoms with Crippen LogP contribution in [0.2, 0.25) is 10.0 Å². The van der Waals surface area contributed by atoms with Gasteiger partial charge < -0.3 is 0 Å². The number of benzene rings is 2. The van der Waals surface area contributed by atoms with E-state index in [-0.39, 0.29) is 21.2 Å². The summed E-state index contributed by atoms with van der Waals surface area (Å²) in [5.74, 6) is -1.27. The molecule has 0 aliphatic rings. The number of halogens is 4. The van der Waals surface area contributed by atoms with E-state index >= 15 is 0 Å². The molecule has 0 spiro atoms. The summed E-state index contributed by atoms with van der Waals surface area (Å²) in [7, 11) is 0. The van der Waals surface area contributed by atoms with Gasteiger partial charge in [0, 0.05) is 5.56 Å². The fourth-order valence-electron chi connectivity index (χ4n) is 1.63. The van der Waals surface area contributed by atoms with Gasteiger partial charge in [0.1, 0.15) is 11.6 Å². The zero-order chi connectivity index (χ0) is 14.7. The summed E-state index contributed by atoms with van der Waals surface area (Å²) in [6.45, 7) is 0. The molecule has 0 unspecified atom stereocenters. The SMILES string of the molecule is N#CC(=Cc1cccc(Cl)c1F)c1ccc(Cl)c(F)c1. The van der Waals surface area contributed by atoms with Gasteiger partial charge in [0.25, 0.3) is 0 Å². The monoisotopic (exact) mass is 309 g/mol. The largest absolute Gasteiger partial charge is 0.205 e. The van der Waals surface area contributed by atoms with Gasteiger partial charge in [-0.2, -0.15) is 5.26 Å². The van der Waals surface area contributed by atoms with Crippen molar-refractivity contribution in [2.24, 2.45) is 0 Å². The Kier molecular flexibility index (Phi) is 4.39. The van der Waals surface area contributed by atoms with Gasteiger partial charge in [-0.1, -0.05) is 41.4 Å². The Morgan fingerprint density at radius 1 is 1.10 bits per heavy atom. The Hall–Kier alpha value is -1.89. The molecule has 100 valence electrons. The summed E-state index contributed by atoms with van der Waals surface area (Å²) in [6.07, 6.45) is 1.31. The highest BCUT2D eigenvalue weighted by Crippen LogP contribution is 2.25. The molecule has 0 atom stereocenters. The van der Waals surface area contributed by atoms with Crippen LogP contribution in [0, 0.1) is 23.0 Å². The molecule has 0 aliphatic carbocycles. The molecule has 0 amide bonds. The van der Waals surface area contributed by atoms with Gasteiger partial charge in [0.15, 0.2) is 0 Å². The van der Waals surface area contributed by atoms with E-state index in [9.17, 15) is 8.78 Å². The van der Waals surface area contributed by atoms with Crippen molar-refractivity contribution in [3.8, 4) is 6.07 Å². The van der Waals surface area contributed by atoms with Crippen molar-refractivity contribution < 1.29 is 8.78 Å². The summed E-state index contributed by atoms with van der Waals surface area (Å²) in [4.78, 5) is 0. The van der Waals surface area contributed by atoms with E-state index in [1.54, 1.807) is 6.07 Å². The molecular weight excluding hydrogens is 303 g/mol. The van der Waals surface area contributed by atoms with E-state index in [1.165, 1.54) is 30.3 Å². The molecule has 0 saturated heterocycles. The third-order valence-electron chi connectivity index (χ3n) is 2.63. The molecule has 0 aromatic heterocycles. The minimum atomic E-state index is -0.642. The number of hydrogen-bond donors (Lipinski definition) is 0. The topological polar surface area (TPSA) is 23.8 Å². The maximum Gasteiger partial charge on any atom is 0.149 e. The van der Waals surface area contributed by atoms with Gasteiger partial charge in [-0.15, -0.1) is 0 Å². The summed E-state index contributed by atoms with van der Waals surface area (Å²) >= 11 is 11.2. The first-order chi connectivity index (χ1) is 9.52. The molecule has 2 rings (SSSR count). The summed E-state index contributed by atoms with van der Waals surface area (Å²) in [5, 5.41) is 9.05. The lowest BCUT2D eigenvalue weighted by Gasteiger charge is -2.03. The quantitative estimate of drug-likeness (QED) is 0.543. The predicted molar refractivity (Wildman–Crippen MR) is 76.3 cm³/mol. The molecule has 1 nitrogen and oxygen atoms in total. The molecular formula is C15H7Cl2F2N. The van der Waals surface area contributed by atoms with Gasteiger partial charge in [-0.25, -0.2) is 8.78 Å². The highest BCUT2D eigenvalue weighted by molar-refractivity contribution is 6.31. The third-order valence-corrected chi connectivity index (χ3v) is 3.23. The molecule has 2 aromatic rings. The van der Waals surface area contributed by atoms with Crippen molar-refractivity contribution >= 4 is 34.9 Å². The van der Waals surface area contributed by atoms with Crippen molar-refractivity contribution in [1.29, 1.82) is 5.26 Å². The first-order valence-electron chi connectivity index (χ1n) is 5.54. The minimum absolute atomic E-state index is 0.0417. The van der Waals surface area contributed by atoms with E-state index in [1.807, 2.05) is 6.07 Å². The van der Waals surface area contributed by atoms with Crippen LogP contribution < -0.4 is 0 Å². The Labute approximate surface area is 124 Å². The number of nitriles is 1. The molecule has 0 radical (unpaired) electrons. The summed E-state index contributed by atoms with van der Waals surface area (Å²) < 4.78 is 27.2. The van der Waals surface area contributed by atoms with Crippen LogP contribution in [0.3, 0.4) is 0 Å². The summed E-state index contributed by atoms with van der Waals surface area (Å²) in [6, 6.07) is 10.3. The van der Waals surface area contributed by atoms with Crippen LogP contribution in [-0.4, -0.2) is 0 Å². The Morgan fingerprint density at radius 2 is 1.85 bits per heavy atom. The second kappa shape index (κ2) is 6.04. The number of rotatable bonds is 2. The average Bonchev–Trinajstić information content (AvgIpc) is 2.44. The van der Waals surface area contributed by atoms with Crippen LogP contribution in [0.1, 0.15) is 11.1 Å². The Bertz CT molecular complexity index is 733. The van der Waals surface area contributed by atoms with Crippen molar-refractivity contribution in [3.63, 3.8) is 0 Å². The molecule has 0 aliphatic heterocycles. The lowest BCUT2D eigenvalue weighted by atomic mass is 10.0. The van der Waals surface area contributed by atoms with Gasteiger partial charge in [-0.3, -0.25) is 0 Å². The molecule has 0 heterocycles. The van der Waals surface area contributed by atoms with Crippen molar-refractivity contribution in [3.05, 3.63) is 69.2 Å². The standard InChI is InChI=1S/C15H7Cl2F2N/c16-12-5-4-9(7-14(12)18)11(8-20)6-10-2-1-3-13(17)15(10)19/h1-7H. The highest BCUT2D eigenvalue weighted by Gasteiger charge is 2.09. The lowest BCUT2D eigenvalue weighted by molar-refractivity contribution is 0.625. The van der Waals surface area contributed by atoms with E-state index in [0.29, 0.717) is 5.56 Å². The van der Waals surface area contributed by atoms with E-state index in [4.69, 9.17) is 28.5 Å². The Balaban J connectivity index is 2.52. The molecule has 5 heteroatoms. The van der Waals surface area contributed by atoms with Crippen LogP contribution in [0.25, 0.3) is 11.6 Å². The second-order valence-electron chi connectivity index (χ2n) is 3.94. The number of hydrogen-bond acceptors (Lipinski definition) is 1. The maximum absolute atomic E-state index is 13.8. The molecule has 0 N–H and O–H groups in total. The first-order valence-corrected chi connectivity index (χ1v) is 6.29. The molecule has 0 fully saturated rings. The minimum Gasteiger partial charge on any atom is -0.205 e. The van der Waals surface area contributed by atoms with Crippen molar-refractivity contribution in [2.45, 2.75) is 0 Å². The number of nitrogens with zero attached hydrogens (tertiary/aromatic N) is 1. The van der Waals surface area contributed by atoms with Crippen LogP contribution >= 0.6 is 23.2 Å². The molecule has 20 heavy (non-hydrogen) atoms. The highest BCUT2D eigenvalue weighted by atomic mass is 35.5. The fourth-order valence-corrected chi connectivity index (χ4v) is 1.93. The van der Waals surface area contributed by atoms with Crippen LogP contribution in [0.15, 0.2) is 36.4 Å². The number of allylic oxidation sites excluding steroid dienone is 1. The van der Waals surface area contributed by atoms with Crippen LogP contribution in [0.4, 0.5) is 8.78 Å². The zero-order valence-corrected chi connectivity index (χ0v) is 11.5. The Morgan fingerprint density at radius 3 is 2.50 bits per heavy atom. The molecule has 0 saturated carbocycles. The smallest absolute Gasteiger partial charge is 0.149 e. The molecule has 0 bridgehead atoms. The van der Waals surface area contributed by atoms with Gasteiger partial charge in [0.2, 0.25) is 0 Å². The van der Waals surface area contributed by atoms with Gasteiger partial charge in [-0.05, 0) is 29.8 Å². The average molecular weight is 310 g/mol. The van der Waals surface area contributed by atoms with Crippen LogP contribution in [-0.2, 0) is 0 Å². The first kappa shape index (κ1) is 14.5. The zero-order valence-electron chi connectivity index (χ0n) is 10.0. The van der Waals surface area contributed by atoms with E-state index in [2.05, 4.69) is 0 Å². The van der Waals surface area contributed by atoms with Crippen molar-refractivity contribution in [1.82, 2.24) is 0 Å². The van der Waals surface area contributed by atoms with Gasteiger partial charge >= 0.3 is 0 Å². The molecule has 2 aromatic carbocycles. The second-order valence-corrected chi connectivity index (χ2v) is 4.76. The van der Waals surface area contributed by atoms with Gasteiger partial charge in [0.05, 0.1) is 21.7 Å². The third kappa shape index (κ3) is 2.98.